The molecule has 1 aromatic rings. The lowest BCUT2D eigenvalue weighted by molar-refractivity contribution is -0.328. The van der Waals surface area contributed by atoms with E-state index in [-0.39, 0.29) is 29.6 Å². The Morgan fingerprint density at radius 3 is 2.33 bits per heavy atom. The lowest BCUT2D eigenvalue weighted by Crippen LogP contribution is -2.58. The number of hydrogen-bond acceptors (Lipinski definition) is 5. The van der Waals surface area contributed by atoms with E-state index < -0.39 is 23.3 Å². The maximum Gasteiger partial charge on any atom is 0.163 e. The Hall–Kier alpha value is -1.24. The smallest absolute Gasteiger partial charge is 0.163 e. The third kappa shape index (κ3) is 3.53. The van der Waals surface area contributed by atoms with Crippen molar-refractivity contribution in [2.45, 2.75) is 129 Å². The largest absolute Gasteiger partial charge is 0.385 e. The minimum atomic E-state index is -1.20. The molecule has 5 heteroatoms. The Balaban J connectivity index is 1.53. The van der Waals surface area contributed by atoms with Gasteiger partial charge < -0.3 is 24.1 Å². The summed E-state index contributed by atoms with van der Waals surface area (Å²) in [4.78, 5) is 0. The molecule has 1 aromatic carbocycles. The molecule has 2 heterocycles. The van der Waals surface area contributed by atoms with Crippen LogP contribution < -0.4 is 0 Å². The predicted octanol–water partition coefficient (Wildman–Crippen LogP) is 6.04. The molecule has 198 valence electrons. The van der Waals surface area contributed by atoms with Gasteiger partial charge in [0.05, 0.1) is 18.8 Å². The molecule has 6 rings (SSSR count). The van der Waals surface area contributed by atoms with Crippen LogP contribution in [0.3, 0.4) is 0 Å². The number of ether oxygens (including phenoxy) is 4. The molecule has 3 aliphatic carbocycles. The Kier molecular flexibility index (Phi) is 5.18. The number of hydrogen-bond donors (Lipinski definition) is 1. The first-order valence-corrected chi connectivity index (χ1v) is 13.8. The van der Waals surface area contributed by atoms with Crippen LogP contribution in [0.4, 0.5) is 0 Å². The third-order valence-corrected chi connectivity index (χ3v) is 10.0. The van der Waals surface area contributed by atoms with Crippen LogP contribution in [0.2, 0.25) is 0 Å². The standard InChI is InChI=1S/C31H44O5/c1-17-10-11-19-24-20(17)12-18(2)21(24)13-29(7)15-23-30(8,25(19)29)14-22-26(36-28(5,6)35-23)31(9,32)16-33-27(3,4)34-22/h10-11,22-23,25-26,32H,12-16H2,1-9H3/t22-,23-,25-,26-,29-,30-,31-/m0/s1. The lowest BCUT2D eigenvalue weighted by atomic mass is 9.58. The molecule has 5 aliphatic rings. The third-order valence-electron chi connectivity index (χ3n) is 10.0. The Morgan fingerprint density at radius 2 is 1.61 bits per heavy atom. The molecule has 1 saturated carbocycles. The summed E-state index contributed by atoms with van der Waals surface area (Å²) in [5, 5.41) is 11.5. The van der Waals surface area contributed by atoms with Gasteiger partial charge in [-0.2, -0.15) is 0 Å². The molecule has 2 aliphatic heterocycles. The molecule has 0 spiro atoms. The van der Waals surface area contributed by atoms with Gasteiger partial charge in [-0.1, -0.05) is 31.6 Å². The normalized spacial score (nSPS) is 44.6. The zero-order valence-corrected chi connectivity index (χ0v) is 23.6. The lowest BCUT2D eigenvalue weighted by Gasteiger charge is -2.51. The summed E-state index contributed by atoms with van der Waals surface area (Å²) < 4.78 is 26.2. The van der Waals surface area contributed by atoms with Crippen molar-refractivity contribution in [2.75, 3.05) is 6.61 Å². The molecule has 5 nitrogen and oxygen atoms in total. The second kappa shape index (κ2) is 7.45. The zero-order valence-electron chi connectivity index (χ0n) is 23.6. The maximum absolute atomic E-state index is 11.5. The highest BCUT2D eigenvalue weighted by Gasteiger charge is 2.65. The molecule has 2 saturated heterocycles. The average Bonchev–Trinajstić information content (AvgIpc) is 3.15. The van der Waals surface area contributed by atoms with Crippen LogP contribution in [0.1, 0.15) is 103 Å². The van der Waals surface area contributed by atoms with E-state index in [1.54, 1.807) is 12.5 Å². The van der Waals surface area contributed by atoms with E-state index in [4.69, 9.17) is 18.9 Å². The van der Waals surface area contributed by atoms with Crippen molar-refractivity contribution < 1.29 is 24.1 Å². The summed E-state index contributed by atoms with van der Waals surface area (Å²) >= 11 is 0. The SMILES string of the molecule is CC1=C2C[C@@]3(C)C[C@@H]4OC(C)(C)O[C@H]5[C@H](C[C@]4(C)[C@H]3c3ccc(C)c(c32)C1)OC(C)(C)OC[C@]5(C)O. The van der Waals surface area contributed by atoms with E-state index >= 15 is 0 Å². The van der Waals surface area contributed by atoms with Crippen molar-refractivity contribution in [3.8, 4) is 0 Å². The fourth-order valence-corrected chi connectivity index (χ4v) is 8.63. The summed E-state index contributed by atoms with van der Waals surface area (Å²) in [6.45, 7) is 19.3. The second-order valence-electron chi connectivity index (χ2n) is 14.2. The molecule has 1 N–H and O–H groups in total. The van der Waals surface area contributed by atoms with Gasteiger partial charge in [0.25, 0.3) is 0 Å². The van der Waals surface area contributed by atoms with Gasteiger partial charge in [0, 0.05) is 5.41 Å². The van der Waals surface area contributed by atoms with Crippen LogP contribution in [0.25, 0.3) is 5.57 Å². The molecule has 0 amide bonds. The van der Waals surface area contributed by atoms with Gasteiger partial charge >= 0.3 is 0 Å². The van der Waals surface area contributed by atoms with E-state index in [1.165, 1.54) is 27.8 Å². The van der Waals surface area contributed by atoms with Crippen molar-refractivity contribution in [2.24, 2.45) is 10.8 Å². The van der Waals surface area contributed by atoms with Crippen molar-refractivity contribution in [1.29, 1.82) is 0 Å². The molecular formula is C31H44O5. The number of fused-ring (bicyclic) bond motifs is 5. The highest BCUT2D eigenvalue weighted by atomic mass is 16.7. The van der Waals surface area contributed by atoms with Gasteiger partial charge in [0.1, 0.15) is 11.7 Å². The molecule has 0 bridgehead atoms. The first-order valence-electron chi connectivity index (χ1n) is 13.8. The molecule has 7 atom stereocenters. The number of allylic oxidation sites excluding steroid dienone is 2. The summed E-state index contributed by atoms with van der Waals surface area (Å²) in [6.07, 6.45) is 3.01. The minimum absolute atomic E-state index is 0.0148. The first kappa shape index (κ1) is 25.1. The predicted molar refractivity (Wildman–Crippen MR) is 140 cm³/mol. The van der Waals surface area contributed by atoms with Gasteiger partial charge in [-0.25, -0.2) is 0 Å². The summed E-state index contributed by atoms with van der Waals surface area (Å²) in [7, 11) is 0. The quantitative estimate of drug-likeness (QED) is 0.474. The number of rotatable bonds is 0. The van der Waals surface area contributed by atoms with Gasteiger partial charge in [-0.15, -0.1) is 0 Å². The van der Waals surface area contributed by atoms with E-state index in [9.17, 15) is 5.11 Å². The van der Waals surface area contributed by atoms with Gasteiger partial charge in [0.2, 0.25) is 0 Å². The van der Waals surface area contributed by atoms with Crippen LogP contribution in [-0.2, 0) is 25.4 Å². The first-order chi connectivity index (χ1) is 16.6. The van der Waals surface area contributed by atoms with Crippen LogP contribution >= 0.6 is 0 Å². The average molecular weight is 497 g/mol. The molecule has 0 radical (unpaired) electrons. The van der Waals surface area contributed by atoms with Crippen molar-refractivity contribution in [3.63, 3.8) is 0 Å². The Morgan fingerprint density at radius 1 is 0.889 bits per heavy atom. The van der Waals surface area contributed by atoms with Gasteiger partial charge in [0.15, 0.2) is 11.6 Å². The molecule has 0 aromatic heterocycles. The summed E-state index contributed by atoms with van der Waals surface area (Å²) in [6, 6.07) is 4.73. The van der Waals surface area contributed by atoms with E-state index in [1.807, 2.05) is 27.7 Å². The number of benzene rings is 1. The maximum atomic E-state index is 11.5. The monoisotopic (exact) mass is 496 g/mol. The Bertz CT molecular complexity index is 1150. The fraction of sp³-hybridized carbons (Fsp3) is 0.742. The summed E-state index contributed by atoms with van der Waals surface area (Å²) in [5.74, 6) is -1.35. The van der Waals surface area contributed by atoms with E-state index in [0.29, 0.717) is 5.92 Å². The van der Waals surface area contributed by atoms with Crippen LogP contribution in [0, 0.1) is 17.8 Å². The van der Waals surface area contributed by atoms with Crippen LogP contribution in [0.5, 0.6) is 0 Å². The molecule has 0 unspecified atom stereocenters. The number of aryl methyl sites for hydroxylation is 1. The van der Waals surface area contributed by atoms with Crippen molar-refractivity contribution in [1.82, 2.24) is 0 Å². The second-order valence-corrected chi connectivity index (χ2v) is 14.2. The summed E-state index contributed by atoms with van der Waals surface area (Å²) in [5.41, 5.74) is 7.70. The van der Waals surface area contributed by atoms with Crippen molar-refractivity contribution in [3.05, 3.63) is 40.0 Å². The van der Waals surface area contributed by atoms with E-state index in [2.05, 4.69) is 39.8 Å². The molecule has 3 fully saturated rings. The topological polar surface area (TPSA) is 57.2 Å². The minimum Gasteiger partial charge on any atom is -0.385 e. The highest BCUT2D eigenvalue weighted by Crippen LogP contribution is 2.70. The van der Waals surface area contributed by atoms with Crippen molar-refractivity contribution >= 4 is 5.57 Å². The fourth-order valence-electron chi connectivity index (χ4n) is 8.63. The van der Waals surface area contributed by atoms with Crippen LogP contribution in [-0.4, -0.2) is 47.2 Å². The Labute approximate surface area is 216 Å². The zero-order chi connectivity index (χ0) is 26.1. The van der Waals surface area contributed by atoms with E-state index in [0.717, 1.165) is 25.7 Å². The molecular weight excluding hydrogens is 452 g/mol. The van der Waals surface area contributed by atoms with Gasteiger partial charge in [-0.05, 0) is 113 Å². The highest BCUT2D eigenvalue weighted by molar-refractivity contribution is 5.82. The molecule has 36 heavy (non-hydrogen) atoms. The van der Waals surface area contributed by atoms with Crippen LogP contribution in [0.15, 0.2) is 17.7 Å². The van der Waals surface area contributed by atoms with Gasteiger partial charge in [-0.3, -0.25) is 0 Å². The number of aliphatic hydroxyl groups is 1.